The molecule has 0 unspecified atom stereocenters. The number of phenolic OH excluding ortho intramolecular Hbond substituents is 1. The topological polar surface area (TPSA) is 69.6 Å². The minimum Gasteiger partial charge on any atom is -0.507 e. The van der Waals surface area contributed by atoms with E-state index in [1.165, 1.54) is 17.0 Å². The summed E-state index contributed by atoms with van der Waals surface area (Å²) >= 11 is 0. The number of carbonyl (C=O) groups excluding carboxylic acids is 2. The molecule has 0 bridgehead atoms. The van der Waals surface area contributed by atoms with Crippen molar-refractivity contribution < 1.29 is 23.5 Å². The highest BCUT2D eigenvalue weighted by atomic mass is 19.1. The Morgan fingerprint density at radius 1 is 1.13 bits per heavy atom. The largest absolute Gasteiger partial charge is 0.507 e. The number of halogens is 2. The lowest BCUT2D eigenvalue weighted by Gasteiger charge is -2.12. The lowest BCUT2D eigenvalue weighted by Crippen LogP contribution is -2.22. The fourth-order valence-electron chi connectivity index (χ4n) is 1.97. The van der Waals surface area contributed by atoms with Crippen LogP contribution in [0.5, 0.6) is 5.75 Å². The second-order valence-electron chi connectivity index (χ2n) is 5.02. The first-order chi connectivity index (χ1) is 10.8. The summed E-state index contributed by atoms with van der Waals surface area (Å²) in [5.41, 5.74) is -0.0989. The number of anilines is 1. The van der Waals surface area contributed by atoms with E-state index in [0.717, 1.165) is 0 Å². The van der Waals surface area contributed by atoms with Gasteiger partial charge in [0, 0.05) is 37.5 Å². The van der Waals surface area contributed by atoms with Gasteiger partial charge in [-0.15, -0.1) is 0 Å². The molecule has 0 aliphatic carbocycles. The normalized spacial score (nSPS) is 10.3. The summed E-state index contributed by atoms with van der Waals surface area (Å²) in [5, 5.41) is 11.9. The van der Waals surface area contributed by atoms with Crippen molar-refractivity contribution in [1.29, 1.82) is 0 Å². The van der Waals surface area contributed by atoms with Gasteiger partial charge in [-0.2, -0.15) is 0 Å². The molecule has 0 spiro atoms. The monoisotopic (exact) mass is 320 g/mol. The molecule has 0 aliphatic rings. The number of hydrogen-bond donors (Lipinski definition) is 2. The molecule has 0 atom stereocenters. The van der Waals surface area contributed by atoms with Crippen LogP contribution in [0, 0.1) is 11.6 Å². The maximum Gasteiger partial charge on any atom is 0.262 e. The zero-order valence-electron chi connectivity index (χ0n) is 12.4. The predicted molar refractivity (Wildman–Crippen MR) is 80.4 cm³/mol. The highest BCUT2D eigenvalue weighted by Gasteiger charge is 2.19. The first-order valence-electron chi connectivity index (χ1n) is 6.60. The number of aromatic hydroxyl groups is 1. The van der Waals surface area contributed by atoms with Gasteiger partial charge in [0.05, 0.1) is 0 Å². The summed E-state index contributed by atoms with van der Waals surface area (Å²) in [7, 11) is 3.17. The van der Waals surface area contributed by atoms with Crippen LogP contribution >= 0.6 is 0 Å². The number of hydrogen-bond acceptors (Lipinski definition) is 3. The lowest BCUT2D eigenvalue weighted by molar-refractivity contribution is 0.0827. The van der Waals surface area contributed by atoms with Crippen molar-refractivity contribution in [3.8, 4) is 5.75 Å². The molecule has 0 heterocycles. The number of nitrogens with zero attached hydrogens (tertiary/aromatic N) is 1. The summed E-state index contributed by atoms with van der Waals surface area (Å²) in [6, 6.07) is 7.17. The number of nitrogens with one attached hydrogen (secondary N) is 1. The summed E-state index contributed by atoms with van der Waals surface area (Å²) in [6.45, 7) is 0. The van der Waals surface area contributed by atoms with E-state index in [1.807, 2.05) is 0 Å². The van der Waals surface area contributed by atoms with Gasteiger partial charge in [0.1, 0.15) is 22.9 Å². The van der Waals surface area contributed by atoms with Gasteiger partial charge >= 0.3 is 0 Å². The van der Waals surface area contributed by atoms with Crippen molar-refractivity contribution in [3.05, 3.63) is 59.2 Å². The van der Waals surface area contributed by atoms with Crippen molar-refractivity contribution >= 4 is 17.5 Å². The molecule has 2 N–H and O–H groups in total. The number of rotatable bonds is 3. The molecule has 2 rings (SSSR count). The Morgan fingerprint density at radius 2 is 1.83 bits per heavy atom. The molecule has 2 amide bonds. The summed E-state index contributed by atoms with van der Waals surface area (Å²) < 4.78 is 26.6. The minimum absolute atomic E-state index is 0.242. The lowest BCUT2D eigenvalue weighted by atomic mass is 10.1. The fraction of sp³-hybridized carbons (Fsp3) is 0.125. The van der Waals surface area contributed by atoms with Gasteiger partial charge in [0.25, 0.3) is 11.8 Å². The van der Waals surface area contributed by atoms with E-state index >= 15 is 0 Å². The van der Waals surface area contributed by atoms with Crippen LogP contribution in [0.3, 0.4) is 0 Å². The SMILES string of the molecule is CN(C)C(=O)c1cccc(NC(=O)c2c(O)cc(F)cc2F)c1. The molecule has 0 fully saturated rings. The summed E-state index contributed by atoms with van der Waals surface area (Å²) in [6.07, 6.45) is 0. The van der Waals surface area contributed by atoms with Crippen LogP contribution in [0.2, 0.25) is 0 Å². The Kier molecular flexibility index (Phi) is 4.59. The van der Waals surface area contributed by atoms with Gasteiger partial charge in [-0.1, -0.05) is 6.07 Å². The van der Waals surface area contributed by atoms with Crippen LogP contribution in [0.15, 0.2) is 36.4 Å². The van der Waals surface area contributed by atoms with E-state index < -0.39 is 28.9 Å². The molecule has 7 heteroatoms. The van der Waals surface area contributed by atoms with Crippen LogP contribution in [-0.4, -0.2) is 35.9 Å². The molecule has 120 valence electrons. The molecule has 2 aromatic rings. The van der Waals surface area contributed by atoms with E-state index in [-0.39, 0.29) is 11.6 Å². The average molecular weight is 320 g/mol. The third kappa shape index (κ3) is 3.63. The van der Waals surface area contributed by atoms with Crippen molar-refractivity contribution in [2.75, 3.05) is 19.4 Å². The Bertz CT molecular complexity index is 753. The van der Waals surface area contributed by atoms with Crippen molar-refractivity contribution in [2.24, 2.45) is 0 Å². The van der Waals surface area contributed by atoms with Crippen molar-refractivity contribution in [3.63, 3.8) is 0 Å². The minimum atomic E-state index is -1.18. The highest BCUT2D eigenvalue weighted by Crippen LogP contribution is 2.23. The average Bonchev–Trinajstić information content (AvgIpc) is 2.45. The first kappa shape index (κ1) is 16.4. The third-order valence-corrected chi connectivity index (χ3v) is 3.03. The van der Waals surface area contributed by atoms with E-state index in [4.69, 9.17) is 0 Å². The predicted octanol–water partition coefficient (Wildman–Crippen LogP) is 2.62. The van der Waals surface area contributed by atoms with Crippen molar-refractivity contribution in [2.45, 2.75) is 0 Å². The van der Waals surface area contributed by atoms with Crippen LogP contribution in [0.25, 0.3) is 0 Å². The van der Waals surface area contributed by atoms with Gasteiger partial charge < -0.3 is 15.3 Å². The second kappa shape index (κ2) is 6.43. The van der Waals surface area contributed by atoms with Gasteiger partial charge in [-0.25, -0.2) is 8.78 Å². The molecule has 2 aromatic carbocycles. The van der Waals surface area contributed by atoms with E-state index in [9.17, 15) is 23.5 Å². The third-order valence-electron chi connectivity index (χ3n) is 3.03. The molecular formula is C16H14F2N2O3. The Morgan fingerprint density at radius 3 is 2.43 bits per heavy atom. The van der Waals surface area contributed by atoms with E-state index in [2.05, 4.69) is 5.32 Å². The fourth-order valence-corrected chi connectivity index (χ4v) is 1.97. The van der Waals surface area contributed by atoms with Gasteiger partial charge in [0.15, 0.2) is 0 Å². The quantitative estimate of drug-likeness (QED) is 0.913. The van der Waals surface area contributed by atoms with E-state index in [0.29, 0.717) is 17.7 Å². The van der Waals surface area contributed by atoms with Gasteiger partial charge in [-0.05, 0) is 18.2 Å². The zero-order chi connectivity index (χ0) is 17.1. The van der Waals surface area contributed by atoms with Crippen LogP contribution < -0.4 is 5.32 Å². The molecule has 5 nitrogen and oxygen atoms in total. The number of amides is 2. The molecule has 0 radical (unpaired) electrons. The molecule has 0 aromatic heterocycles. The van der Waals surface area contributed by atoms with Gasteiger partial charge in [-0.3, -0.25) is 9.59 Å². The first-order valence-corrected chi connectivity index (χ1v) is 6.60. The molecule has 0 saturated carbocycles. The van der Waals surface area contributed by atoms with Gasteiger partial charge in [0.2, 0.25) is 0 Å². The maximum atomic E-state index is 13.7. The number of benzene rings is 2. The number of phenols is 1. The zero-order valence-corrected chi connectivity index (χ0v) is 12.4. The molecule has 23 heavy (non-hydrogen) atoms. The molecule has 0 saturated heterocycles. The Labute approximate surface area is 131 Å². The van der Waals surface area contributed by atoms with Crippen LogP contribution in [-0.2, 0) is 0 Å². The summed E-state index contributed by atoms with van der Waals surface area (Å²) in [4.78, 5) is 25.3. The van der Waals surface area contributed by atoms with Crippen LogP contribution in [0.1, 0.15) is 20.7 Å². The number of carbonyl (C=O) groups is 2. The molecule has 0 aliphatic heterocycles. The van der Waals surface area contributed by atoms with Crippen LogP contribution in [0.4, 0.5) is 14.5 Å². The second-order valence-corrected chi connectivity index (χ2v) is 5.02. The Balaban J connectivity index is 2.28. The summed E-state index contributed by atoms with van der Waals surface area (Å²) in [5.74, 6) is -4.19. The Hall–Kier alpha value is -2.96. The molecular weight excluding hydrogens is 306 g/mol. The maximum absolute atomic E-state index is 13.7. The highest BCUT2D eigenvalue weighted by molar-refractivity contribution is 6.07. The standard InChI is InChI=1S/C16H14F2N2O3/c1-20(2)16(23)9-4-3-5-11(6-9)19-15(22)14-12(18)7-10(17)8-13(14)21/h3-8,21H,1-2H3,(H,19,22). The smallest absolute Gasteiger partial charge is 0.262 e. The van der Waals surface area contributed by atoms with Crippen molar-refractivity contribution in [1.82, 2.24) is 4.90 Å². The van der Waals surface area contributed by atoms with E-state index in [1.54, 1.807) is 26.2 Å².